The van der Waals surface area contributed by atoms with E-state index in [9.17, 15) is 4.79 Å². The van der Waals surface area contributed by atoms with Gasteiger partial charge < -0.3 is 9.30 Å². The minimum Gasteiger partial charge on any atom is -0.497 e. The number of hydrogen-bond acceptors (Lipinski definition) is 4. The van der Waals surface area contributed by atoms with Crippen LogP contribution >= 0.6 is 0 Å². The molecule has 0 aliphatic carbocycles. The molecule has 4 aromatic rings. The zero-order valence-corrected chi connectivity index (χ0v) is 14.4. The number of aromatic nitrogens is 3. The third-order valence-corrected chi connectivity index (χ3v) is 4.60. The highest BCUT2D eigenvalue weighted by Crippen LogP contribution is 2.26. The van der Waals surface area contributed by atoms with Crippen molar-refractivity contribution in [2.45, 2.75) is 6.54 Å². The van der Waals surface area contributed by atoms with Crippen molar-refractivity contribution in [2.24, 2.45) is 7.05 Å². The molecule has 4 rings (SSSR count). The van der Waals surface area contributed by atoms with E-state index in [4.69, 9.17) is 10.00 Å². The van der Waals surface area contributed by atoms with Gasteiger partial charge in [0.15, 0.2) is 0 Å². The van der Waals surface area contributed by atoms with E-state index in [0.29, 0.717) is 17.6 Å². The smallest absolute Gasteiger partial charge is 0.291 e. The first-order valence-electron chi connectivity index (χ1n) is 8.13. The molecule has 0 aliphatic rings. The van der Waals surface area contributed by atoms with Gasteiger partial charge in [-0.15, -0.1) is 0 Å². The monoisotopic (exact) mass is 344 g/mol. The highest BCUT2D eigenvalue weighted by molar-refractivity contribution is 6.07. The Hall–Kier alpha value is -3.59. The minimum absolute atomic E-state index is 0.164. The molecule has 2 heterocycles. The van der Waals surface area contributed by atoms with Gasteiger partial charge in [-0.05, 0) is 35.9 Å². The van der Waals surface area contributed by atoms with Crippen molar-refractivity contribution >= 4 is 21.8 Å². The fourth-order valence-corrected chi connectivity index (χ4v) is 3.29. The molecule has 0 amide bonds. The molecule has 0 N–H and O–H groups in total. The first-order chi connectivity index (χ1) is 12.6. The summed E-state index contributed by atoms with van der Waals surface area (Å²) in [6.45, 7) is 0.358. The Kier molecular flexibility index (Phi) is 3.70. The lowest BCUT2D eigenvalue weighted by Gasteiger charge is -2.07. The van der Waals surface area contributed by atoms with Crippen molar-refractivity contribution in [1.82, 2.24) is 14.3 Å². The number of rotatable bonds is 3. The van der Waals surface area contributed by atoms with E-state index in [1.54, 1.807) is 25.4 Å². The van der Waals surface area contributed by atoms with Gasteiger partial charge >= 0.3 is 0 Å². The largest absolute Gasteiger partial charge is 0.497 e. The molecule has 0 radical (unpaired) electrons. The normalized spacial score (nSPS) is 11.0. The summed E-state index contributed by atoms with van der Waals surface area (Å²) in [4.78, 5) is 13.0. The Labute approximate surface area is 149 Å². The van der Waals surface area contributed by atoms with E-state index in [0.717, 1.165) is 27.6 Å². The summed E-state index contributed by atoms with van der Waals surface area (Å²) in [7, 11) is 3.47. The van der Waals surface area contributed by atoms with E-state index >= 15 is 0 Å². The Morgan fingerprint density at radius 2 is 2.04 bits per heavy atom. The number of ether oxygens (including phenoxy) is 1. The topological polar surface area (TPSA) is 72.8 Å². The minimum atomic E-state index is -0.164. The number of nitriles is 1. The summed E-state index contributed by atoms with van der Waals surface area (Å²) in [6.07, 6.45) is 1.69. The summed E-state index contributed by atoms with van der Waals surface area (Å²) in [5.74, 6) is 0.741. The number of methoxy groups -OCH3 is 1. The van der Waals surface area contributed by atoms with Gasteiger partial charge in [0.05, 0.1) is 31.5 Å². The second-order valence-corrected chi connectivity index (χ2v) is 6.12. The third-order valence-electron chi connectivity index (χ3n) is 4.60. The maximum atomic E-state index is 13.0. The van der Waals surface area contributed by atoms with E-state index < -0.39 is 0 Å². The molecule has 2 aromatic carbocycles. The Morgan fingerprint density at radius 3 is 2.81 bits per heavy atom. The van der Waals surface area contributed by atoms with Gasteiger partial charge in [0.2, 0.25) is 0 Å². The van der Waals surface area contributed by atoms with Crippen LogP contribution in [-0.4, -0.2) is 21.5 Å². The van der Waals surface area contributed by atoms with Crippen LogP contribution in [0.15, 0.2) is 53.5 Å². The predicted molar refractivity (Wildman–Crippen MR) is 99.3 cm³/mol. The summed E-state index contributed by atoms with van der Waals surface area (Å²) < 4.78 is 8.54. The van der Waals surface area contributed by atoms with Crippen molar-refractivity contribution < 1.29 is 4.74 Å². The lowest BCUT2D eigenvalue weighted by atomic mass is 10.1. The van der Waals surface area contributed by atoms with Gasteiger partial charge in [0, 0.05) is 23.3 Å². The lowest BCUT2D eigenvalue weighted by molar-refractivity contribution is 0.414. The Bertz CT molecular complexity index is 1240. The second kappa shape index (κ2) is 6.05. The van der Waals surface area contributed by atoms with Gasteiger partial charge in [-0.2, -0.15) is 10.4 Å². The first-order valence-corrected chi connectivity index (χ1v) is 8.13. The van der Waals surface area contributed by atoms with Crippen molar-refractivity contribution in [1.29, 1.82) is 5.26 Å². The van der Waals surface area contributed by atoms with Crippen LogP contribution in [0.1, 0.15) is 11.1 Å². The summed E-state index contributed by atoms with van der Waals surface area (Å²) in [5, 5.41) is 15.1. The molecule has 0 saturated heterocycles. The maximum Gasteiger partial charge on any atom is 0.291 e. The summed E-state index contributed by atoms with van der Waals surface area (Å²) in [5.41, 5.74) is 2.81. The molecule has 0 saturated carbocycles. The molecule has 128 valence electrons. The molecule has 0 bridgehead atoms. The standard InChI is InChI=1S/C20H16N4O2/c1-23-18-7-6-13(10-21)9-16(18)17-11-22-24(20(25)19(17)23)12-14-4-3-5-15(8-14)26-2/h3-9,11H,12H2,1-2H3. The highest BCUT2D eigenvalue weighted by atomic mass is 16.5. The number of hydrogen-bond donors (Lipinski definition) is 0. The average Bonchev–Trinajstić information content (AvgIpc) is 2.96. The zero-order valence-electron chi connectivity index (χ0n) is 14.4. The third kappa shape index (κ3) is 2.42. The van der Waals surface area contributed by atoms with E-state index in [2.05, 4.69) is 11.2 Å². The second-order valence-electron chi connectivity index (χ2n) is 6.12. The van der Waals surface area contributed by atoms with Crippen LogP contribution in [0.3, 0.4) is 0 Å². The molecular formula is C20H16N4O2. The number of fused-ring (bicyclic) bond motifs is 3. The van der Waals surface area contributed by atoms with Crippen LogP contribution in [0, 0.1) is 11.3 Å². The van der Waals surface area contributed by atoms with Crippen LogP contribution in [0.2, 0.25) is 0 Å². The average molecular weight is 344 g/mol. The molecule has 0 fully saturated rings. The fraction of sp³-hybridized carbons (Fsp3) is 0.150. The van der Waals surface area contributed by atoms with Crippen molar-refractivity contribution in [2.75, 3.05) is 7.11 Å². The SMILES string of the molecule is COc1cccc(Cn2ncc3c4cc(C#N)ccc4n(C)c3c2=O)c1. The quantitative estimate of drug-likeness (QED) is 0.573. The lowest BCUT2D eigenvalue weighted by Crippen LogP contribution is -2.24. The molecule has 0 unspecified atom stereocenters. The fourth-order valence-electron chi connectivity index (χ4n) is 3.29. The number of aryl methyl sites for hydroxylation is 1. The van der Waals surface area contributed by atoms with E-state index in [1.165, 1.54) is 4.68 Å². The molecule has 0 aliphatic heterocycles. The van der Waals surface area contributed by atoms with E-state index in [1.807, 2.05) is 41.9 Å². The molecule has 0 atom stereocenters. The van der Waals surface area contributed by atoms with Crippen molar-refractivity contribution in [3.05, 3.63) is 70.1 Å². The molecule has 6 nitrogen and oxygen atoms in total. The molecule has 2 aromatic heterocycles. The van der Waals surface area contributed by atoms with Crippen molar-refractivity contribution in [3.63, 3.8) is 0 Å². The van der Waals surface area contributed by atoms with Gasteiger partial charge in [-0.3, -0.25) is 4.79 Å². The van der Waals surface area contributed by atoms with Crippen LogP contribution in [-0.2, 0) is 13.6 Å². The zero-order chi connectivity index (χ0) is 18.3. The molecule has 0 spiro atoms. The summed E-state index contributed by atoms with van der Waals surface area (Å²) in [6, 6.07) is 15.1. The van der Waals surface area contributed by atoms with Gasteiger partial charge in [0.25, 0.3) is 5.56 Å². The Balaban J connectivity index is 1.89. The predicted octanol–water partition coefficient (Wildman–Crippen LogP) is 2.82. The summed E-state index contributed by atoms with van der Waals surface area (Å²) >= 11 is 0. The molecule has 26 heavy (non-hydrogen) atoms. The Morgan fingerprint density at radius 1 is 1.19 bits per heavy atom. The van der Waals surface area contributed by atoms with Gasteiger partial charge in [-0.1, -0.05) is 12.1 Å². The van der Waals surface area contributed by atoms with Gasteiger partial charge in [0.1, 0.15) is 11.3 Å². The van der Waals surface area contributed by atoms with E-state index in [-0.39, 0.29) is 5.56 Å². The molecule has 6 heteroatoms. The van der Waals surface area contributed by atoms with Crippen LogP contribution in [0.25, 0.3) is 21.8 Å². The van der Waals surface area contributed by atoms with Crippen LogP contribution in [0.4, 0.5) is 0 Å². The van der Waals surface area contributed by atoms with Crippen LogP contribution < -0.4 is 10.3 Å². The number of nitrogens with zero attached hydrogens (tertiary/aromatic N) is 4. The number of benzene rings is 2. The van der Waals surface area contributed by atoms with Crippen molar-refractivity contribution in [3.8, 4) is 11.8 Å². The van der Waals surface area contributed by atoms with Crippen LogP contribution in [0.5, 0.6) is 5.75 Å². The highest BCUT2D eigenvalue weighted by Gasteiger charge is 2.14. The van der Waals surface area contributed by atoms with Gasteiger partial charge in [-0.25, -0.2) is 4.68 Å². The maximum absolute atomic E-state index is 13.0. The first kappa shape index (κ1) is 15.9. The molecular weight excluding hydrogens is 328 g/mol.